The highest BCUT2D eigenvalue weighted by atomic mass is 16.3. The Morgan fingerprint density at radius 2 is 1.87 bits per heavy atom. The minimum Gasteiger partial charge on any atom is -0.389 e. The van der Waals surface area contributed by atoms with Crippen LogP contribution >= 0.6 is 0 Å². The van der Waals surface area contributed by atoms with E-state index in [1.807, 2.05) is 0 Å². The number of Topliss-reactive ketones (excluding diaryl/α,β-unsaturated/α-hetero) is 1. The minimum atomic E-state index is -0.340. The molecule has 4 aliphatic carbocycles. The fourth-order valence-corrected chi connectivity index (χ4v) is 8.64. The van der Waals surface area contributed by atoms with E-state index in [1.54, 1.807) is 0 Å². The number of hydrogen-bond donors (Lipinski definition) is 1. The molecule has 0 amide bonds. The Morgan fingerprint density at radius 3 is 2.60 bits per heavy atom. The molecule has 1 unspecified atom stereocenters. The second kappa shape index (κ2) is 8.38. The number of allylic oxidation sites excluding steroid dienone is 1. The topological polar surface area (TPSA) is 37.3 Å². The quantitative estimate of drug-likeness (QED) is 0.477. The summed E-state index contributed by atoms with van der Waals surface area (Å²) in [5.74, 6) is 4.48. The lowest BCUT2D eigenvalue weighted by Gasteiger charge is -2.59. The summed E-state index contributed by atoms with van der Waals surface area (Å²) in [5, 5.41) is 11.3. The number of aliphatic hydroxyl groups excluding tert-OH is 1. The van der Waals surface area contributed by atoms with Crippen molar-refractivity contribution in [3.8, 4) is 0 Å². The smallest absolute Gasteiger partial charge is 0.136 e. The zero-order valence-electron chi connectivity index (χ0n) is 20.3. The van der Waals surface area contributed by atoms with E-state index in [1.165, 1.54) is 56.9 Å². The van der Waals surface area contributed by atoms with E-state index in [4.69, 9.17) is 0 Å². The lowest BCUT2D eigenvalue weighted by atomic mass is 9.46. The summed E-state index contributed by atoms with van der Waals surface area (Å²) in [7, 11) is 0. The highest BCUT2D eigenvalue weighted by Crippen LogP contribution is 2.67. The van der Waals surface area contributed by atoms with Gasteiger partial charge in [-0.15, -0.1) is 0 Å². The van der Waals surface area contributed by atoms with Gasteiger partial charge in [0.15, 0.2) is 0 Å². The van der Waals surface area contributed by atoms with Crippen molar-refractivity contribution in [1.29, 1.82) is 0 Å². The average molecular weight is 415 g/mol. The molecule has 4 rings (SSSR count). The van der Waals surface area contributed by atoms with Crippen molar-refractivity contribution >= 4 is 5.78 Å². The van der Waals surface area contributed by atoms with Crippen LogP contribution in [-0.2, 0) is 4.79 Å². The molecule has 2 heteroatoms. The number of carbonyl (C=O) groups is 1. The molecule has 0 aromatic carbocycles. The monoisotopic (exact) mass is 414 g/mol. The van der Waals surface area contributed by atoms with Crippen LogP contribution in [-0.4, -0.2) is 17.0 Å². The lowest BCUT2D eigenvalue weighted by molar-refractivity contribution is -0.125. The van der Waals surface area contributed by atoms with E-state index in [0.29, 0.717) is 35.4 Å². The van der Waals surface area contributed by atoms with Crippen molar-refractivity contribution in [2.45, 2.75) is 111 Å². The molecule has 3 fully saturated rings. The molecule has 0 aromatic rings. The molecule has 3 saturated carbocycles. The van der Waals surface area contributed by atoms with Crippen molar-refractivity contribution in [3.63, 3.8) is 0 Å². The van der Waals surface area contributed by atoms with Gasteiger partial charge in [0, 0.05) is 12.8 Å². The first-order chi connectivity index (χ1) is 14.2. The van der Waals surface area contributed by atoms with E-state index in [0.717, 1.165) is 30.6 Å². The summed E-state index contributed by atoms with van der Waals surface area (Å²) in [6, 6.07) is 0. The molecule has 2 nitrogen and oxygen atoms in total. The van der Waals surface area contributed by atoms with Gasteiger partial charge in [0.25, 0.3) is 0 Å². The lowest BCUT2D eigenvalue weighted by Crippen LogP contribution is -2.54. The van der Waals surface area contributed by atoms with E-state index >= 15 is 0 Å². The molecule has 0 saturated heterocycles. The third-order valence-electron chi connectivity index (χ3n) is 10.8. The number of rotatable bonds is 6. The van der Waals surface area contributed by atoms with E-state index in [9.17, 15) is 9.90 Å². The molecule has 9 atom stereocenters. The molecular weight excluding hydrogens is 368 g/mol. The van der Waals surface area contributed by atoms with Gasteiger partial charge in [-0.3, -0.25) is 4.79 Å². The third kappa shape index (κ3) is 3.63. The van der Waals surface area contributed by atoms with Crippen LogP contribution in [0.4, 0.5) is 0 Å². The van der Waals surface area contributed by atoms with Crippen LogP contribution in [0.1, 0.15) is 105 Å². The van der Waals surface area contributed by atoms with Gasteiger partial charge in [-0.2, -0.15) is 0 Å². The number of carbonyl (C=O) groups excluding carboxylic acids is 1. The number of hydrogen-bond acceptors (Lipinski definition) is 2. The summed E-state index contributed by atoms with van der Waals surface area (Å²) in [4.78, 5) is 12.1. The molecule has 4 aliphatic rings. The third-order valence-corrected chi connectivity index (χ3v) is 10.8. The second-order valence-corrected chi connectivity index (χ2v) is 12.3. The standard InChI is InChI=1S/C28H46O2/c1-6-18(2)8-7-9-19(3)22-10-11-23-26-24(13-15-28(22,23)5)27(4)14-12-21(29)16-20(27)17-25(26)30/h17-19,22-26,30H,6-16H2,1-5H3/t18?,19-,22-,23+,24+,25-,26+,27+,28-/m1/s1. The van der Waals surface area contributed by atoms with Crippen LogP contribution in [0.15, 0.2) is 11.6 Å². The Labute approximate surface area is 185 Å². The zero-order chi connectivity index (χ0) is 21.7. The van der Waals surface area contributed by atoms with Crippen LogP contribution in [0.2, 0.25) is 0 Å². The van der Waals surface area contributed by atoms with Crippen LogP contribution in [0, 0.1) is 46.3 Å². The van der Waals surface area contributed by atoms with Gasteiger partial charge < -0.3 is 5.11 Å². The second-order valence-electron chi connectivity index (χ2n) is 12.3. The van der Waals surface area contributed by atoms with Gasteiger partial charge in [0.05, 0.1) is 6.10 Å². The Balaban J connectivity index is 1.51. The average Bonchev–Trinajstić information content (AvgIpc) is 3.06. The molecule has 1 N–H and O–H groups in total. The predicted molar refractivity (Wildman–Crippen MR) is 124 cm³/mol. The number of fused-ring (bicyclic) bond motifs is 5. The fraction of sp³-hybridized carbons (Fsp3) is 0.893. The van der Waals surface area contributed by atoms with Crippen LogP contribution in [0.25, 0.3) is 0 Å². The summed E-state index contributed by atoms with van der Waals surface area (Å²) >= 11 is 0. The molecule has 0 bridgehead atoms. The molecule has 0 heterocycles. The normalized spacial score (nSPS) is 45.2. The zero-order valence-corrected chi connectivity index (χ0v) is 20.3. The van der Waals surface area contributed by atoms with E-state index in [-0.39, 0.29) is 11.5 Å². The molecule has 30 heavy (non-hydrogen) atoms. The molecule has 0 radical (unpaired) electrons. The van der Waals surface area contributed by atoms with E-state index < -0.39 is 0 Å². The maximum absolute atomic E-state index is 12.1. The van der Waals surface area contributed by atoms with Crippen molar-refractivity contribution in [2.24, 2.45) is 46.3 Å². The van der Waals surface area contributed by atoms with Crippen LogP contribution in [0.5, 0.6) is 0 Å². The van der Waals surface area contributed by atoms with Gasteiger partial charge in [0.1, 0.15) is 5.78 Å². The van der Waals surface area contributed by atoms with Crippen LogP contribution in [0.3, 0.4) is 0 Å². The maximum Gasteiger partial charge on any atom is 0.136 e. The summed E-state index contributed by atoms with van der Waals surface area (Å²) in [6.45, 7) is 12.2. The maximum atomic E-state index is 12.1. The largest absolute Gasteiger partial charge is 0.389 e. The summed E-state index contributed by atoms with van der Waals surface area (Å²) in [6.07, 6.45) is 14.8. The fourth-order valence-electron chi connectivity index (χ4n) is 8.64. The Hall–Kier alpha value is -0.630. The minimum absolute atomic E-state index is 0.152. The SMILES string of the molecule is CCC(C)CCC[C@@H](C)[C@H]1CC[C@H]2[C@@H]3[C@H](O)C=C4CC(=O)CC[C@]4(C)[C@H]3CC[C@]12C. The summed E-state index contributed by atoms with van der Waals surface area (Å²) in [5.41, 5.74) is 1.81. The first-order valence-corrected chi connectivity index (χ1v) is 13.1. The number of aliphatic hydroxyl groups is 1. The van der Waals surface area contributed by atoms with Gasteiger partial charge in [-0.05, 0) is 78.4 Å². The Morgan fingerprint density at radius 1 is 1.10 bits per heavy atom. The molecular formula is C28H46O2. The molecule has 0 aromatic heterocycles. The van der Waals surface area contributed by atoms with E-state index in [2.05, 4.69) is 40.7 Å². The van der Waals surface area contributed by atoms with Crippen molar-refractivity contribution in [1.82, 2.24) is 0 Å². The van der Waals surface area contributed by atoms with Gasteiger partial charge in [-0.25, -0.2) is 0 Å². The Bertz CT molecular complexity index is 680. The van der Waals surface area contributed by atoms with Crippen molar-refractivity contribution in [3.05, 3.63) is 11.6 Å². The first-order valence-electron chi connectivity index (χ1n) is 13.1. The highest BCUT2D eigenvalue weighted by molar-refractivity contribution is 5.82. The molecule has 0 aliphatic heterocycles. The molecule has 0 spiro atoms. The Kier molecular flexibility index (Phi) is 6.30. The van der Waals surface area contributed by atoms with Crippen molar-refractivity contribution in [2.75, 3.05) is 0 Å². The summed E-state index contributed by atoms with van der Waals surface area (Å²) < 4.78 is 0. The van der Waals surface area contributed by atoms with Gasteiger partial charge in [0.2, 0.25) is 0 Å². The van der Waals surface area contributed by atoms with Gasteiger partial charge >= 0.3 is 0 Å². The highest BCUT2D eigenvalue weighted by Gasteiger charge is 2.61. The van der Waals surface area contributed by atoms with Crippen molar-refractivity contribution < 1.29 is 9.90 Å². The number of ketones is 1. The first kappa shape index (κ1) is 22.6. The predicted octanol–water partition coefficient (Wildman–Crippen LogP) is 6.96. The van der Waals surface area contributed by atoms with Gasteiger partial charge in [-0.1, -0.05) is 72.0 Å². The van der Waals surface area contributed by atoms with Crippen LogP contribution < -0.4 is 0 Å². The molecule has 170 valence electrons.